The first-order chi connectivity index (χ1) is 17.7. The summed E-state index contributed by atoms with van der Waals surface area (Å²) in [5, 5.41) is 10.4. The van der Waals surface area contributed by atoms with Crippen LogP contribution in [0.5, 0.6) is 11.5 Å². The Morgan fingerprint density at radius 1 is 1.05 bits per heavy atom. The summed E-state index contributed by atoms with van der Waals surface area (Å²) >= 11 is 0. The zero-order valence-electron chi connectivity index (χ0n) is 21.4. The summed E-state index contributed by atoms with van der Waals surface area (Å²) < 4.78 is 22.2. The molecule has 2 aromatic rings. The van der Waals surface area contributed by atoms with Gasteiger partial charge in [-0.1, -0.05) is 61.2 Å². The SMILES string of the molecule is C=CCOC1=C(c2ccc(OCC=C)cc2)[C@](Cc2ccc(O)c(CC=C(C)C)c2)(C(=O)OC)OC1=O. The third-order valence-corrected chi connectivity index (χ3v) is 5.78. The summed E-state index contributed by atoms with van der Waals surface area (Å²) in [6, 6.07) is 11.9. The van der Waals surface area contributed by atoms with Crippen molar-refractivity contribution >= 4 is 17.5 Å². The highest BCUT2D eigenvalue weighted by molar-refractivity contribution is 6.11. The predicted molar refractivity (Wildman–Crippen MR) is 141 cm³/mol. The van der Waals surface area contributed by atoms with Crippen LogP contribution in [0.15, 0.2) is 85.2 Å². The van der Waals surface area contributed by atoms with E-state index in [1.165, 1.54) is 13.2 Å². The van der Waals surface area contributed by atoms with Gasteiger partial charge in [-0.25, -0.2) is 9.59 Å². The minimum atomic E-state index is -1.81. The molecule has 1 aliphatic heterocycles. The molecule has 0 spiro atoms. The molecule has 2 aromatic carbocycles. The Morgan fingerprint density at radius 3 is 2.35 bits per heavy atom. The topological polar surface area (TPSA) is 91.3 Å². The van der Waals surface area contributed by atoms with Crippen molar-refractivity contribution in [2.24, 2.45) is 0 Å². The Hall–Kier alpha value is -4.26. The van der Waals surface area contributed by atoms with Gasteiger partial charge in [-0.3, -0.25) is 0 Å². The molecule has 0 saturated carbocycles. The highest BCUT2D eigenvalue weighted by Crippen LogP contribution is 2.44. The van der Waals surface area contributed by atoms with Crippen LogP contribution in [-0.4, -0.2) is 43.0 Å². The molecule has 0 aromatic heterocycles. The fraction of sp³-hybridized carbons (Fsp3) is 0.267. The number of phenolic OH excluding ortho intramolecular Hbond substituents is 1. The predicted octanol–water partition coefficient (Wildman–Crippen LogP) is 5.09. The average molecular weight is 505 g/mol. The molecule has 7 nitrogen and oxygen atoms in total. The summed E-state index contributed by atoms with van der Waals surface area (Å²) in [6.07, 6.45) is 5.60. The number of rotatable bonds is 12. The second kappa shape index (κ2) is 12.1. The van der Waals surface area contributed by atoms with Crippen molar-refractivity contribution in [2.75, 3.05) is 20.3 Å². The van der Waals surface area contributed by atoms with E-state index in [0.717, 1.165) is 5.57 Å². The van der Waals surface area contributed by atoms with Crippen molar-refractivity contribution in [3.63, 3.8) is 0 Å². The number of hydrogen-bond donors (Lipinski definition) is 1. The number of allylic oxidation sites excluding steroid dienone is 2. The second-order valence-electron chi connectivity index (χ2n) is 8.76. The first-order valence-corrected chi connectivity index (χ1v) is 11.8. The van der Waals surface area contributed by atoms with Gasteiger partial charge in [-0.15, -0.1) is 0 Å². The van der Waals surface area contributed by atoms with Gasteiger partial charge in [0.1, 0.15) is 24.7 Å². The molecule has 1 aliphatic rings. The monoisotopic (exact) mass is 504 g/mol. The molecule has 1 heterocycles. The van der Waals surface area contributed by atoms with Gasteiger partial charge in [0, 0.05) is 6.42 Å². The lowest BCUT2D eigenvalue weighted by atomic mass is 9.82. The smallest absolute Gasteiger partial charge is 0.375 e. The standard InChI is InChI=1S/C30H32O7/c1-6-16-35-24-13-11-22(12-14-24)26-27(36-17-7-2)28(32)37-30(26,29(33)34-5)19-21-9-15-25(31)23(18-21)10-8-20(3)4/h6-9,11-15,18,31H,1-2,10,16-17,19H2,3-5H3/t30-/m1/s1. The molecular formula is C30H32O7. The van der Waals surface area contributed by atoms with Gasteiger partial charge in [-0.2, -0.15) is 0 Å². The summed E-state index contributed by atoms with van der Waals surface area (Å²) in [4.78, 5) is 26.4. The Morgan fingerprint density at radius 2 is 1.73 bits per heavy atom. The van der Waals surface area contributed by atoms with Crippen LogP contribution in [0.25, 0.3) is 5.57 Å². The number of carbonyl (C=O) groups excluding carboxylic acids is 2. The van der Waals surface area contributed by atoms with Crippen molar-refractivity contribution in [2.45, 2.75) is 32.3 Å². The maximum Gasteiger partial charge on any atom is 0.375 e. The van der Waals surface area contributed by atoms with Crippen LogP contribution in [-0.2, 0) is 36.6 Å². The molecule has 3 rings (SSSR count). The van der Waals surface area contributed by atoms with Crippen molar-refractivity contribution in [3.05, 3.63) is 102 Å². The molecule has 1 N–H and O–H groups in total. The molecule has 7 heteroatoms. The van der Waals surface area contributed by atoms with E-state index in [9.17, 15) is 14.7 Å². The molecule has 37 heavy (non-hydrogen) atoms. The number of cyclic esters (lactones) is 1. The molecule has 194 valence electrons. The molecule has 0 amide bonds. The van der Waals surface area contributed by atoms with E-state index in [0.29, 0.717) is 35.5 Å². The van der Waals surface area contributed by atoms with Gasteiger partial charge in [-0.05, 0) is 55.2 Å². The van der Waals surface area contributed by atoms with E-state index in [1.54, 1.807) is 48.5 Å². The van der Waals surface area contributed by atoms with Crippen LogP contribution in [0.2, 0.25) is 0 Å². The first-order valence-electron chi connectivity index (χ1n) is 11.8. The summed E-state index contributed by atoms with van der Waals surface area (Å²) in [7, 11) is 1.24. The van der Waals surface area contributed by atoms with Crippen LogP contribution in [0.1, 0.15) is 30.5 Å². The fourth-order valence-electron chi connectivity index (χ4n) is 4.07. The lowest BCUT2D eigenvalue weighted by Gasteiger charge is -2.28. The van der Waals surface area contributed by atoms with Gasteiger partial charge < -0.3 is 24.1 Å². The second-order valence-corrected chi connectivity index (χ2v) is 8.76. The van der Waals surface area contributed by atoms with Crippen LogP contribution >= 0.6 is 0 Å². The molecule has 0 saturated heterocycles. The van der Waals surface area contributed by atoms with Crippen LogP contribution in [0.3, 0.4) is 0 Å². The third-order valence-electron chi connectivity index (χ3n) is 5.78. The number of phenols is 1. The molecule has 0 bridgehead atoms. The molecule has 0 radical (unpaired) electrons. The largest absolute Gasteiger partial charge is 0.508 e. The number of benzene rings is 2. The van der Waals surface area contributed by atoms with E-state index in [2.05, 4.69) is 13.2 Å². The molecule has 0 fully saturated rings. The van der Waals surface area contributed by atoms with Crippen molar-refractivity contribution in [3.8, 4) is 11.5 Å². The zero-order chi connectivity index (χ0) is 27.0. The van der Waals surface area contributed by atoms with Gasteiger partial charge in [0.05, 0.1) is 12.7 Å². The van der Waals surface area contributed by atoms with Crippen LogP contribution in [0.4, 0.5) is 0 Å². The quantitative estimate of drug-likeness (QED) is 0.318. The Bertz CT molecular complexity index is 1230. The molecule has 0 aliphatic carbocycles. The van der Waals surface area contributed by atoms with Gasteiger partial charge in [0.15, 0.2) is 0 Å². The average Bonchev–Trinajstić information content (AvgIpc) is 3.17. The maximum absolute atomic E-state index is 13.4. The van der Waals surface area contributed by atoms with E-state index < -0.39 is 17.5 Å². The summed E-state index contributed by atoms with van der Waals surface area (Å²) in [5.41, 5.74) is 1.43. The summed E-state index contributed by atoms with van der Waals surface area (Å²) in [6.45, 7) is 11.6. The van der Waals surface area contributed by atoms with E-state index in [1.807, 2.05) is 19.9 Å². The van der Waals surface area contributed by atoms with Crippen LogP contribution in [0, 0.1) is 0 Å². The van der Waals surface area contributed by atoms with Crippen LogP contribution < -0.4 is 4.74 Å². The lowest BCUT2D eigenvalue weighted by molar-refractivity contribution is -0.169. The van der Waals surface area contributed by atoms with E-state index in [-0.39, 0.29) is 30.1 Å². The number of aromatic hydroxyl groups is 1. The normalized spacial score (nSPS) is 16.6. The highest BCUT2D eigenvalue weighted by Gasteiger charge is 2.56. The Labute approximate surface area is 217 Å². The number of hydrogen-bond acceptors (Lipinski definition) is 7. The summed E-state index contributed by atoms with van der Waals surface area (Å²) in [5.74, 6) is -0.892. The molecule has 1 atom stereocenters. The third kappa shape index (κ3) is 6.12. The molecular weight excluding hydrogens is 472 g/mol. The minimum Gasteiger partial charge on any atom is -0.508 e. The fourth-order valence-corrected chi connectivity index (χ4v) is 4.07. The van der Waals surface area contributed by atoms with Gasteiger partial charge in [0.25, 0.3) is 0 Å². The number of methoxy groups -OCH3 is 1. The van der Waals surface area contributed by atoms with Crippen molar-refractivity contribution in [1.82, 2.24) is 0 Å². The lowest BCUT2D eigenvalue weighted by Crippen LogP contribution is -2.44. The van der Waals surface area contributed by atoms with Crippen molar-refractivity contribution in [1.29, 1.82) is 0 Å². The van der Waals surface area contributed by atoms with Gasteiger partial charge >= 0.3 is 11.9 Å². The molecule has 0 unspecified atom stereocenters. The highest BCUT2D eigenvalue weighted by atomic mass is 16.6. The number of carbonyl (C=O) groups is 2. The first kappa shape index (κ1) is 27.3. The van der Waals surface area contributed by atoms with E-state index >= 15 is 0 Å². The zero-order valence-corrected chi connectivity index (χ0v) is 21.4. The Kier molecular flexibility index (Phi) is 8.95. The Balaban J connectivity index is 2.14. The van der Waals surface area contributed by atoms with Crippen molar-refractivity contribution < 1.29 is 33.6 Å². The maximum atomic E-state index is 13.4. The van der Waals surface area contributed by atoms with E-state index in [4.69, 9.17) is 18.9 Å². The van der Waals surface area contributed by atoms with Gasteiger partial charge in [0.2, 0.25) is 11.4 Å². The number of esters is 2. The number of ether oxygens (including phenoxy) is 4. The minimum absolute atomic E-state index is 0.0293.